The Morgan fingerprint density at radius 1 is 1.33 bits per heavy atom. The molecule has 12 heavy (non-hydrogen) atoms. The zero-order valence-corrected chi connectivity index (χ0v) is 7.16. The molecule has 1 N–H and O–H groups in total. The van der Waals surface area contributed by atoms with E-state index in [-0.39, 0.29) is 0 Å². The lowest BCUT2D eigenvalue weighted by atomic mass is 10.2. The molecule has 3 heteroatoms. The molecule has 62 valence electrons. The molecule has 0 amide bonds. The van der Waals surface area contributed by atoms with Crippen LogP contribution >= 0.6 is 12.6 Å². The van der Waals surface area contributed by atoms with Gasteiger partial charge in [-0.15, -0.1) is 12.6 Å². The predicted molar refractivity (Wildman–Crippen MR) is 50.4 cm³/mol. The molecule has 0 unspecified atom stereocenters. The summed E-state index contributed by atoms with van der Waals surface area (Å²) in [5.74, 6) is -0.940. The normalized spacial score (nSPS) is 10.4. The van der Waals surface area contributed by atoms with Gasteiger partial charge in [0.2, 0.25) is 0 Å². The van der Waals surface area contributed by atoms with Gasteiger partial charge < -0.3 is 5.11 Å². The van der Waals surface area contributed by atoms with E-state index in [9.17, 15) is 4.79 Å². The SMILES string of the molecule is O=C(O)/C=C\c1ccc(S)cc1. The van der Waals surface area contributed by atoms with Crippen molar-refractivity contribution < 1.29 is 9.90 Å². The van der Waals surface area contributed by atoms with Crippen molar-refractivity contribution >= 4 is 24.7 Å². The summed E-state index contributed by atoms with van der Waals surface area (Å²) in [6.45, 7) is 0. The summed E-state index contributed by atoms with van der Waals surface area (Å²) >= 11 is 4.10. The first-order valence-corrected chi connectivity index (χ1v) is 3.83. The Morgan fingerprint density at radius 3 is 2.42 bits per heavy atom. The van der Waals surface area contributed by atoms with E-state index in [0.29, 0.717) is 0 Å². The fourth-order valence-corrected chi connectivity index (χ4v) is 0.902. The van der Waals surface area contributed by atoms with Crippen LogP contribution in [0.2, 0.25) is 0 Å². The molecule has 0 aliphatic carbocycles. The minimum atomic E-state index is -0.940. The predicted octanol–water partition coefficient (Wildman–Crippen LogP) is 2.07. The molecule has 0 spiro atoms. The van der Waals surface area contributed by atoms with Crippen molar-refractivity contribution in [2.75, 3.05) is 0 Å². The molecule has 1 rings (SSSR count). The number of rotatable bonds is 2. The third-order valence-electron chi connectivity index (χ3n) is 1.31. The Labute approximate surface area is 75.9 Å². The number of carboxylic acids is 1. The molecule has 0 saturated heterocycles. The zero-order valence-electron chi connectivity index (χ0n) is 6.27. The van der Waals surface area contributed by atoms with E-state index in [0.717, 1.165) is 16.5 Å². The van der Waals surface area contributed by atoms with Gasteiger partial charge in [-0.25, -0.2) is 4.79 Å². The monoisotopic (exact) mass is 180 g/mol. The molecule has 0 aliphatic heterocycles. The van der Waals surface area contributed by atoms with Crippen molar-refractivity contribution in [3.63, 3.8) is 0 Å². The lowest BCUT2D eigenvalue weighted by Crippen LogP contribution is -1.85. The van der Waals surface area contributed by atoms with Gasteiger partial charge in [0, 0.05) is 11.0 Å². The fourth-order valence-electron chi connectivity index (χ4n) is 0.753. The molecular weight excluding hydrogens is 172 g/mol. The highest BCUT2D eigenvalue weighted by atomic mass is 32.1. The van der Waals surface area contributed by atoms with Gasteiger partial charge in [-0.05, 0) is 23.8 Å². The molecule has 0 atom stereocenters. The minimum Gasteiger partial charge on any atom is -0.478 e. The van der Waals surface area contributed by atoms with E-state index in [2.05, 4.69) is 12.6 Å². The minimum absolute atomic E-state index is 0.857. The van der Waals surface area contributed by atoms with Gasteiger partial charge in [0.25, 0.3) is 0 Å². The van der Waals surface area contributed by atoms with Crippen molar-refractivity contribution in [2.24, 2.45) is 0 Å². The summed E-state index contributed by atoms with van der Waals surface area (Å²) in [5, 5.41) is 8.33. The van der Waals surface area contributed by atoms with Crippen molar-refractivity contribution in [1.29, 1.82) is 0 Å². The maximum Gasteiger partial charge on any atom is 0.328 e. The molecule has 0 saturated carbocycles. The van der Waals surface area contributed by atoms with Crippen LogP contribution in [0.4, 0.5) is 0 Å². The van der Waals surface area contributed by atoms with Gasteiger partial charge >= 0.3 is 5.97 Å². The molecule has 1 aromatic rings. The van der Waals surface area contributed by atoms with Crippen LogP contribution in [0.3, 0.4) is 0 Å². The summed E-state index contributed by atoms with van der Waals surface area (Å²) in [7, 11) is 0. The Bertz CT molecular complexity index is 301. The molecule has 2 nitrogen and oxygen atoms in total. The quantitative estimate of drug-likeness (QED) is 0.540. The number of carboxylic acid groups (broad SMARTS) is 1. The third-order valence-corrected chi connectivity index (χ3v) is 1.61. The first-order chi connectivity index (χ1) is 5.68. The molecule has 0 aliphatic rings. The average molecular weight is 180 g/mol. The fraction of sp³-hybridized carbons (Fsp3) is 0. The number of thiol groups is 1. The zero-order chi connectivity index (χ0) is 8.97. The average Bonchev–Trinajstić information content (AvgIpc) is 2.03. The molecule has 0 fully saturated rings. The van der Waals surface area contributed by atoms with E-state index in [1.165, 1.54) is 6.08 Å². The Balaban J connectivity index is 2.77. The Morgan fingerprint density at radius 2 is 1.92 bits per heavy atom. The van der Waals surface area contributed by atoms with Crippen LogP contribution in [0, 0.1) is 0 Å². The molecule has 0 radical (unpaired) electrons. The highest BCUT2D eigenvalue weighted by molar-refractivity contribution is 7.80. The lowest BCUT2D eigenvalue weighted by Gasteiger charge is -1.92. The summed E-state index contributed by atoms with van der Waals surface area (Å²) in [6.07, 6.45) is 2.64. The number of hydrogen-bond acceptors (Lipinski definition) is 2. The van der Waals surface area contributed by atoms with Crippen LogP contribution in [0.15, 0.2) is 35.2 Å². The van der Waals surface area contributed by atoms with Crippen molar-refractivity contribution in [3.8, 4) is 0 Å². The molecule has 0 heterocycles. The number of hydrogen-bond donors (Lipinski definition) is 2. The van der Waals surface area contributed by atoms with Crippen LogP contribution < -0.4 is 0 Å². The molecule has 0 bridgehead atoms. The second-order valence-electron chi connectivity index (χ2n) is 2.26. The molecular formula is C9H8O2S. The van der Waals surface area contributed by atoms with Crippen LogP contribution in [0.5, 0.6) is 0 Å². The van der Waals surface area contributed by atoms with E-state index in [1.807, 2.05) is 24.3 Å². The van der Waals surface area contributed by atoms with Gasteiger partial charge in [-0.2, -0.15) is 0 Å². The van der Waals surface area contributed by atoms with E-state index < -0.39 is 5.97 Å². The van der Waals surface area contributed by atoms with Gasteiger partial charge in [0.1, 0.15) is 0 Å². The Kier molecular flexibility index (Phi) is 2.94. The van der Waals surface area contributed by atoms with Gasteiger partial charge in [0.15, 0.2) is 0 Å². The smallest absolute Gasteiger partial charge is 0.328 e. The maximum atomic E-state index is 10.1. The van der Waals surface area contributed by atoms with Gasteiger partial charge in [-0.1, -0.05) is 12.1 Å². The van der Waals surface area contributed by atoms with Crippen LogP contribution in [0.25, 0.3) is 6.08 Å². The lowest BCUT2D eigenvalue weighted by molar-refractivity contribution is -0.131. The van der Waals surface area contributed by atoms with Gasteiger partial charge in [0.05, 0.1) is 0 Å². The summed E-state index contributed by atoms with van der Waals surface area (Å²) < 4.78 is 0. The maximum absolute atomic E-state index is 10.1. The van der Waals surface area contributed by atoms with E-state index in [4.69, 9.17) is 5.11 Å². The van der Waals surface area contributed by atoms with E-state index >= 15 is 0 Å². The summed E-state index contributed by atoms with van der Waals surface area (Å²) in [6, 6.07) is 7.23. The third kappa shape index (κ3) is 2.80. The van der Waals surface area contributed by atoms with Crippen LogP contribution in [-0.2, 0) is 4.79 Å². The summed E-state index contributed by atoms with van der Waals surface area (Å²) in [5.41, 5.74) is 0.857. The second-order valence-corrected chi connectivity index (χ2v) is 2.78. The van der Waals surface area contributed by atoms with E-state index in [1.54, 1.807) is 0 Å². The highest BCUT2D eigenvalue weighted by Crippen LogP contribution is 2.08. The van der Waals surface area contributed by atoms with Crippen molar-refractivity contribution in [1.82, 2.24) is 0 Å². The van der Waals surface area contributed by atoms with Crippen LogP contribution in [0.1, 0.15) is 5.56 Å². The molecule has 1 aromatic carbocycles. The Hall–Kier alpha value is -1.22. The first-order valence-electron chi connectivity index (χ1n) is 3.38. The number of benzene rings is 1. The largest absolute Gasteiger partial charge is 0.478 e. The van der Waals surface area contributed by atoms with Crippen molar-refractivity contribution in [2.45, 2.75) is 4.90 Å². The molecule has 0 aromatic heterocycles. The second kappa shape index (κ2) is 3.97. The van der Waals surface area contributed by atoms with Crippen LogP contribution in [-0.4, -0.2) is 11.1 Å². The van der Waals surface area contributed by atoms with Crippen molar-refractivity contribution in [3.05, 3.63) is 35.9 Å². The highest BCUT2D eigenvalue weighted by Gasteiger charge is 1.88. The summed E-state index contributed by atoms with van der Waals surface area (Å²) in [4.78, 5) is 11.0. The number of carbonyl (C=O) groups is 1. The number of aliphatic carboxylic acids is 1. The topological polar surface area (TPSA) is 37.3 Å². The van der Waals surface area contributed by atoms with Gasteiger partial charge in [-0.3, -0.25) is 0 Å². The standard InChI is InChI=1S/C9H8O2S/c10-9(11)6-3-7-1-4-8(12)5-2-7/h1-6,12H,(H,10,11)/b6-3-. The first kappa shape index (κ1) is 8.87.